The molecule has 49 heavy (non-hydrogen) atoms. The number of nitrogens with zero attached hydrogens (tertiary/aromatic N) is 3. The molecule has 0 saturated carbocycles. The number of carbonyl (C=O) groups is 7. The molecule has 0 bridgehead atoms. The summed E-state index contributed by atoms with van der Waals surface area (Å²) in [6.45, 7) is 15.9. The molecule has 0 saturated heterocycles. The largest absolute Gasteiger partial charge is 0.357 e. The van der Waals surface area contributed by atoms with E-state index in [0.717, 1.165) is 0 Å². The standard InChI is InChI=1S/C34H64N8O7/c1-14-15-27(43)40(11)26(18-35)33(48)41(12)25(17-20(4)5)32(47)39-28(21(6)7)34(49)42(13)24(16-19(2)3)31(46)38-23(9)30(45)37-22(8)29(44)36-10/h19-26,28H,14-18,35H2,1-13H3,(H,36,44)(H,37,45)(H,38,46)(H,39,47)/t22-,23-,24+,25+,26-,28+/m1/s1. The van der Waals surface area contributed by atoms with Crippen LogP contribution in [-0.2, 0) is 33.6 Å². The van der Waals surface area contributed by atoms with Gasteiger partial charge in [-0.3, -0.25) is 33.6 Å². The molecule has 0 fully saturated rings. The van der Waals surface area contributed by atoms with Crippen LogP contribution in [0.5, 0.6) is 0 Å². The maximum atomic E-state index is 14.0. The fraction of sp³-hybridized carbons (Fsp3) is 0.794. The first-order valence-corrected chi connectivity index (χ1v) is 17.3. The molecule has 0 aromatic rings. The van der Waals surface area contributed by atoms with E-state index in [1.54, 1.807) is 13.8 Å². The van der Waals surface area contributed by atoms with Gasteiger partial charge in [0.25, 0.3) is 0 Å². The molecule has 0 heterocycles. The van der Waals surface area contributed by atoms with Crippen LogP contribution < -0.4 is 27.0 Å². The summed E-state index contributed by atoms with van der Waals surface area (Å²) in [5.74, 6) is -3.72. The van der Waals surface area contributed by atoms with E-state index in [1.807, 2.05) is 34.6 Å². The summed E-state index contributed by atoms with van der Waals surface area (Å²) in [5, 5.41) is 10.5. The molecule has 15 nitrogen and oxygen atoms in total. The SMILES string of the molecule is CCCC(=O)N(C)[C@H](CN)C(=O)N(C)[C@@H](CC(C)C)C(=O)N[C@H](C(=O)N(C)[C@@H](CC(C)C)C(=O)N[C@H](C)C(=O)N[C@H](C)C(=O)NC)C(C)C. The highest BCUT2D eigenvalue weighted by molar-refractivity contribution is 5.97. The van der Waals surface area contributed by atoms with E-state index in [2.05, 4.69) is 21.3 Å². The Morgan fingerprint density at radius 3 is 1.43 bits per heavy atom. The van der Waals surface area contributed by atoms with Crippen LogP contribution in [0.4, 0.5) is 0 Å². The molecule has 7 amide bonds. The predicted molar refractivity (Wildman–Crippen MR) is 189 cm³/mol. The lowest BCUT2D eigenvalue weighted by Crippen LogP contribution is -2.61. The van der Waals surface area contributed by atoms with Crippen molar-refractivity contribution < 1.29 is 33.6 Å². The molecule has 0 unspecified atom stereocenters. The molecule has 0 aliphatic rings. The van der Waals surface area contributed by atoms with Crippen LogP contribution in [0, 0.1) is 17.8 Å². The van der Waals surface area contributed by atoms with Gasteiger partial charge in [-0.15, -0.1) is 0 Å². The molecular formula is C34H64N8O7. The molecule has 6 N–H and O–H groups in total. The van der Waals surface area contributed by atoms with Crippen molar-refractivity contribution in [3.8, 4) is 0 Å². The minimum atomic E-state index is -1.05. The second kappa shape index (κ2) is 21.4. The van der Waals surface area contributed by atoms with Gasteiger partial charge >= 0.3 is 0 Å². The molecule has 0 spiro atoms. The Morgan fingerprint density at radius 1 is 0.592 bits per heavy atom. The van der Waals surface area contributed by atoms with Gasteiger partial charge in [-0.2, -0.15) is 0 Å². The summed E-state index contributed by atoms with van der Waals surface area (Å²) < 4.78 is 0. The Balaban J connectivity index is 6.21. The minimum absolute atomic E-state index is 0.00435. The molecule has 0 aromatic carbocycles. The van der Waals surface area contributed by atoms with Gasteiger partial charge in [-0.1, -0.05) is 48.5 Å². The van der Waals surface area contributed by atoms with E-state index in [-0.39, 0.29) is 43.6 Å². The van der Waals surface area contributed by atoms with Crippen molar-refractivity contribution in [2.24, 2.45) is 23.5 Å². The van der Waals surface area contributed by atoms with Crippen LogP contribution in [0.3, 0.4) is 0 Å². The first-order valence-electron chi connectivity index (χ1n) is 17.3. The summed E-state index contributed by atoms with van der Waals surface area (Å²) in [4.78, 5) is 96.1. The van der Waals surface area contributed by atoms with Crippen molar-refractivity contribution >= 4 is 41.4 Å². The number of rotatable bonds is 20. The Hall–Kier alpha value is -3.75. The fourth-order valence-corrected chi connectivity index (χ4v) is 5.28. The Labute approximate surface area is 293 Å². The van der Waals surface area contributed by atoms with Gasteiger partial charge in [-0.25, -0.2) is 0 Å². The molecule has 0 aliphatic carbocycles. The zero-order chi connectivity index (χ0) is 38.3. The summed E-state index contributed by atoms with van der Waals surface area (Å²) >= 11 is 0. The zero-order valence-corrected chi connectivity index (χ0v) is 32.0. The number of carbonyl (C=O) groups excluding carboxylic acids is 7. The molecule has 0 aliphatic heterocycles. The van der Waals surface area contributed by atoms with E-state index < -0.39 is 77.6 Å². The van der Waals surface area contributed by atoms with Crippen molar-refractivity contribution in [3.05, 3.63) is 0 Å². The topological polar surface area (TPSA) is 203 Å². The summed E-state index contributed by atoms with van der Waals surface area (Å²) in [5.41, 5.74) is 5.93. The third-order valence-corrected chi connectivity index (χ3v) is 8.44. The van der Waals surface area contributed by atoms with Gasteiger partial charge in [0.2, 0.25) is 41.4 Å². The fourth-order valence-electron chi connectivity index (χ4n) is 5.28. The van der Waals surface area contributed by atoms with Crippen molar-refractivity contribution in [2.75, 3.05) is 34.7 Å². The van der Waals surface area contributed by atoms with Gasteiger partial charge in [0.15, 0.2) is 0 Å². The van der Waals surface area contributed by atoms with Gasteiger partial charge in [0, 0.05) is 41.2 Å². The number of hydrogen-bond donors (Lipinski definition) is 5. The molecular weight excluding hydrogens is 632 g/mol. The van der Waals surface area contributed by atoms with Gasteiger partial charge in [-0.05, 0) is 50.9 Å². The van der Waals surface area contributed by atoms with Crippen molar-refractivity contribution in [1.29, 1.82) is 0 Å². The van der Waals surface area contributed by atoms with Crippen LogP contribution in [-0.4, -0.2) is 127 Å². The normalized spacial score (nSPS) is 15.0. The summed E-state index contributed by atoms with van der Waals surface area (Å²) in [7, 11) is 5.93. The molecule has 0 radical (unpaired) electrons. The highest BCUT2D eigenvalue weighted by atomic mass is 16.2. The number of nitrogens with one attached hydrogen (secondary N) is 4. The quantitative estimate of drug-likeness (QED) is 0.119. The van der Waals surface area contributed by atoms with Gasteiger partial charge in [0.05, 0.1) is 0 Å². The number of amides is 7. The predicted octanol–water partition coefficient (Wildman–Crippen LogP) is 0.215. The molecule has 282 valence electrons. The number of hydrogen-bond acceptors (Lipinski definition) is 8. The first kappa shape index (κ1) is 45.2. The summed E-state index contributed by atoms with van der Waals surface area (Å²) in [6, 6.07) is -5.78. The molecule has 15 heteroatoms. The zero-order valence-electron chi connectivity index (χ0n) is 32.0. The number of likely N-dealkylation sites (N-methyl/N-ethyl adjacent to an activating group) is 4. The van der Waals surface area contributed by atoms with Crippen LogP contribution >= 0.6 is 0 Å². The third-order valence-electron chi connectivity index (χ3n) is 8.44. The van der Waals surface area contributed by atoms with Crippen molar-refractivity contribution in [2.45, 2.75) is 124 Å². The van der Waals surface area contributed by atoms with Gasteiger partial charge in [0.1, 0.15) is 36.3 Å². The van der Waals surface area contributed by atoms with E-state index in [9.17, 15) is 33.6 Å². The minimum Gasteiger partial charge on any atom is -0.357 e. The van der Waals surface area contributed by atoms with E-state index in [1.165, 1.54) is 56.7 Å². The van der Waals surface area contributed by atoms with E-state index in [4.69, 9.17) is 5.73 Å². The lowest BCUT2D eigenvalue weighted by atomic mass is 9.96. The highest BCUT2D eigenvalue weighted by Gasteiger charge is 2.39. The number of nitrogens with two attached hydrogens (primary N) is 1. The monoisotopic (exact) mass is 696 g/mol. The van der Waals surface area contributed by atoms with Crippen LogP contribution in [0.2, 0.25) is 0 Å². The molecule has 0 rings (SSSR count). The van der Waals surface area contributed by atoms with Crippen molar-refractivity contribution in [1.82, 2.24) is 36.0 Å². The van der Waals surface area contributed by atoms with Gasteiger partial charge < -0.3 is 41.7 Å². The Bertz CT molecular complexity index is 1150. The molecule has 0 aromatic heterocycles. The highest BCUT2D eigenvalue weighted by Crippen LogP contribution is 2.18. The van der Waals surface area contributed by atoms with Crippen molar-refractivity contribution in [3.63, 3.8) is 0 Å². The average Bonchev–Trinajstić information content (AvgIpc) is 3.02. The smallest absolute Gasteiger partial charge is 0.247 e. The van der Waals surface area contributed by atoms with Crippen LogP contribution in [0.25, 0.3) is 0 Å². The van der Waals surface area contributed by atoms with E-state index in [0.29, 0.717) is 6.42 Å². The second-order valence-corrected chi connectivity index (χ2v) is 14.0. The molecule has 6 atom stereocenters. The third kappa shape index (κ3) is 13.9. The van der Waals surface area contributed by atoms with Crippen LogP contribution in [0.15, 0.2) is 0 Å². The average molecular weight is 697 g/mol. The van der Waals surface area contributed by atoms with E-state index >= 15 is 0 Å². The second-order valence-electron chi connectivity index (χ2n) is 14.0. The maximum absolute atomic E-state index is 14.0. The first-order chi connectivity index (χ1) is 22.7. The lowest BCUT2D eigenvalue weighted by molar-refractivity contribution is -0.149. The maximum Gasteiger partial charge on any atom is 0.247 e. The Morgan fingerprint density at radius 2 is 1.02 bits per heavy atom. The Kier molecular flexibility index (Phi) is 19.7. The van der Waals surface area contributed by atoms with Crippen LogP contribution in [0.1, 0.15) is 88.0 Å². The summed E-state index contributed by atoms with van der Waals surface area (Å²) in [6.07, 6.45) is 1.41. The lowest BCUT2D eigenvalue weighted by Gasteiger charge is -2.37.